The fraction of sp³-hybridized carbons (Fsp3) is 0.0833. The van der Waals surface area contributed by atoms with Gasteiger partial charge in [-0.05, 0) is 54.1 Å². The van der Waals surface area contributed by atoms with Gasteiger partial charge in [-0.15, -0.1) is 6.42 Å². The van der Waals surface area contributed by atoms with E-state index in [1.165, 1.54) is 24.3 Å². The van der Waals surface area contributed by atoms with Gasteiger partial charge in [0.15, 0.2) is 0 Å². The van der Waals surface area contributed by atoms with Gasteiger partial charge < -0.3 is 10.1 Å². The van der Waals surface area contributed by atoms with E-state index in [1.807, 2.05) is 18.2 Å². The zero-order valence-electron chi connectivity index (χ0n) is 16.9. The third-order valence-corrected chi connectivity index (χ3v) is 5.80. The molecule has 8 heteroatoms. The van der Waals surface area contributed by atoms with Crippen LogP contribution < -0.4 is 10.0 Å². The molecule has 3 aromatic carbocycles. The van der Waals surface area contributed by atoms with Gasteiger partial charge in [0, 0.05) is 11.3 Å². The van der Waals surface area contributed by atoms with E-state index in [1.54, 1.807) is 36.4 Å². The number of anilines is 1. The number of hydrogen-bond donors (Lipinski definition) is 2. The van der Waals surface area contributed by atoms with Crippen LogP contribution in [0.3, 0.4) is 0 Å². The number of carbonyl (C=O) groups is 2. The summed E-state index contributed by atoms with van der Waals surface area (Å²) >= 11 is 0. The van der Waals surface area contributed by atoms with Crippen LogP contribution in [-0.2, 0) is 21.4 Å². The van der Waals surface area contributed by atoms with Gasteiger partial charge in [-0.1, -0.05) is 36.3 Å². The average molecular weight is 449 g/mol. The molecule has 0 saturated carbocycles. The predicted octanol–water partition coefficient (Wildman–Crippen LogP) is 3.21. The summed E-state index contributed by atoms with van der Waals surface area (Å²) in [4.78, 5) is 24.5. The first-order valence-electron chi connectivity index (χ1n) is 9.55. The van der Waals surface area contributed by atoms with Crippen molar-refractivity contribution in [3.05, 3.63) is 95.6 Å². The van der Waals surface area contributed by atoms with Crippen LogP contribution in [0.25, 0.3) is 0 Å². The molecule has 2 N–H and O–H groups in total. The molecule has 0 aliphatic heterocycles. The maximum absolute atomic E-state index is 12.3. The van der Waals surface area contributed by atoms with Crippen LogP contribution in [0, 0.1) is 12.3 Å². The second-order valence-corrected chi connectivity index (χ2v) is 8.41. The van der Waals surface area contributed by atoms with Crippen LogP contribution in [0.15, 0.2) is 83.8 Å². The Morgan fingerprint density at radius 2 is 1.50 bits per heavy atom. The quantitative estimate of drug-likeness (QED) is 0.407. The molecule has 32 heavy (non-hydrogen) atoms. The van der Waals surface area contributed by atoms with Crippen molar-refractivity contribution in [2.24, 2.45) is 0 Å². The predicted molar refractivity (Wildman–Crippen MR) is 120 cm³/mol. The highest BCUT2D eigenvalue weighted by Gasteiger charge is 2.15. The van der Waals surface area contributed by atoms with Crippen LogP contribution in [0.1, 0.15) is 26.3 Å². The second-order valence-electron chi connectivity index (χ2n) is 6.65. The van der Waals surface area contributed by atoms with Gasteiger partial charge in [0.2, 0.25) is 10.0 Å². The molecule has 0 aliphatic rings. The van der Waals surface area contributed by atoms with Crippen molar-refractivity contribution < 1.29 is 22.7 Å². The number of carbonyl (C=O) groups excluding carboxylic acids is 2. The number of benzene rings is 3. The van der Waals surface area contributed by atoms with Crippen LogP contribution in [0.4, 0.5) is 5.69 Å². The van der Waals surface area contributed by atoms with Crippen molar-refractivity contribution in [2.75, 3.05) is 11.9 Å². The summed E-state index contributed by atoms with van der Waals surface area (Å²) in [5.41, 5.74) is 2.08. The van der Waals surface area contributed by atoms with Crippen molar-refractivity contribution in [1.82, 2.24) is 4.72 Å². The van der Waals surface area contributed by atoms with Gasteiger partial charge in [0.05, 0.1) is 17.0 Å². The summed E-state index contributed by atoms with van der Waals surface area (Å²) in [5, 5.41) is 2.79. The van der Waals surface area contributed by atoms with Crippen LogP contribution in [-0.4, -0.2) is 26.8 Å². The summed E-state index contributed by atoms with van der Waals surface area (Å²) in [6, 6.07) is 21.1. The highest BCUT2D eigenvalue weighted by Crippen LogP contribution is 2.14. The molecule has 0 unspecified atom stereocenters. The fourth-order valence-corrected chi connectivity index (χ4v) is 3.63. The van der Waals surface area contributed by atoms with Gasteiger partial charge in [-0.3, -0.25) is 4.79 Å². The lowest BCUT2D eigenvalue weighted by molar-refractivity contribution is 0.0472. The normalized spacial score (nSPS) is 10.7. The first-order valence-corrected chi connectivity index (χ1v) is 11.0. The van der Waals surface area contributed by atoms with Crippen molar-refractivity contribution in [2.45, 2.75) is 11.5 Å². The Morgan fingerprint density at radius 1 is 0.875 bits per heavy atom. The molecule has 0 saturated heterocycles. The molecule has 3 aromatic rings. The Balaban J connectivity index is 1.55. The van der Waals surface area contributed by atoms with Crippen LogP contribution in [0.2, 0.25) is 0 Å². The number of terminal acetylenes is 1. The van der Waals surface area contributed by atoms with E-state index < -0.39 is 16.0 Å². The molecule has 0 radical (unpaired) electrons. The monoisotopic (exact) mass is 448 g/mol. The Hall–Kier alpha value is -3.93. The molecule has 1 amide bonds. The van der Waals surface area contributed by atoms with E-state index in [0.717, 1.165) is 0 Å². The molecule has 3 rings (SSSR count). The molecular formula is C24H20N2O5S. The summed E-state index contributed by atoms with van der Waals surface area (Å²) < 4.78 is 31.5. The highest BCUT2D eigenvalue weighted by molar-refractivity contribution is 7.89. The fourth-order valence-electron chi connectivity index (χ4n) is 2.70. The minimum Gasteiger partial charge on any atom is -0.457 e. The number of rotatable bonds is 8. The zero-order chi connectivity index (χ0) is 23.0. The molecule has 0 spiro atoms. The molecule has 0 atom stereocenters. The number of amides is 1. The Kier molecular flexibility index (Phi) is 7.39. The van der Waals surface area contributed by atoms with Gasteiger partial charge in [0.1, 0.15) is 6.61 Å². The molecule has 0 heterocycles. The molecule has 0 bridgehead atoms. The van der Waals surface area contributed by atoms with Crippen molar-refractivity contribution in [1.29, 1.82) is 0 Å². The van der Waals surface area contributed by atoms with Crippen LogP contribution in [0.5, 0.6) is 0 Å². The van der Waals surface area contributed by atoms with Crippen molar-refractivity contribution in [3.8, 4) is 12.3 Å². The number of nitrogens with one attached hydrogen (secondary N) is 2. The van der Waals surface area contributed by atoms with E-state index in [2.05, 4.69) is 16.0 Å². The maximum atomic E-state index is 12.3. The Bertz CT molecular complexity index is 1230. The largest absolute Gasteiger partial charge is 0.457 e. The molecule has 162 valence electrons. The molecule has 0 fully saturated rings. The van der Waals surface area contributed by atoms with E-state index in [4.69, 9.17) is 11.2 Å². The molecule has 0 aromatic heterocycles. The van der Waals surface area contributed by atoms with E-state index in [0.29, 0.717) is 16.8 Å². The summed E-state index contributed by atoms with van der Waals surface area (Å²) in [7, 11) is -3.73. The summed E-state index contributed by atoms with van der Waals surface area (Å²) in [5.74, 6) is 1.34. The van der Waals surface area contributed by atoms with E-state index in [9.17, 15) is 18.0 Å². The molecular weight excluding hydrogens is 428 g/mol. The van der Waals surface area contributed by atoms with E-state index >= 15 is 0 Å². The lowest BCUT2D eigenvalue weighted by Gasteiger charge is -2.08. The van der Waals surface area contributed by atoms with Gasteiger partial charge in [-0.25, -0.2) is 13.2 Å². The first kappa shape index (κ1) is 22.7. The summed E-state index contributed by atoms with van der Waals surface area (Å²) in [6.45, 7) is -0.123. The van der Waals surface area contributed by atoms with Gasteiger partial charge in [-0.2, -0.15) is 4.72 Å². The maximum Gasteiger partial charge on any atom is 0.338 e. The number of para-hydroxylation sites is 1. The Morgan fingerprint density at radius 3 is 2.12 bits per heavy atom. The lowest BCUT2D eigenvalue weighted by Crippen LogP contribution is -2.23. The minimum atomic E-state index is -3.73. The molecule has 0 aliphatic carbocycles. The second kappa shape index (κ2) is 10.4. The topological polar surface area (TPSA) is 102 Å². The van der Waals surface area contributed by atoms with Crippen molar-refractivity contribution in [3.63, 3.8) is 0 Å². The highest BCUT2D eigenvalue weighted by atomic mass is 32.2. The van der Waals surface area contributed by atoms with E-state index in [-0.39, 0.29) is 29.5 Å². The number of hydrogen-bond acceptors (Lipinski definition) is 5. The van der Waals surface area contributed by atoms with Gasteiger partial charge in [0.25, 0.3) is 5.91 Å². The average Bonchev–Trinajstić information content (AvgIpc) is 2.82. The zero-order valence-corrected chi connectivity index (χ0v) is 17.8. The number of sulfonamides is 1. The number of ether oxygens (including phenoxy) is 1. The SMILES string of the molecule is C#CCNS(=O)(=O)c1ccc(C(=O)OCc2ccc(C(=O)Nc3ccccc3)cc2)cc1. The lowest BCUT2D eigenvalue weighted by atomic mass is 10.1. The first-order chi connectivity index (χ1) is 15.4. The summed E-state index contributed by atoms with van der Waals surface area (Å²) in [6.07, 6.45) is 5.06. The smallest absolute Gasteiger partial charge is 0.338 e. The van der Waals surface area contributed by atoms with Gasteiger partial charge >= 0.3 is 5.97 Å². The number of esters is 1. The third-order valence-electron chi connectivity index (χ3n) is 4.38. The standard InChI is InChI=1S/C24H20N2O5S/c1-2-16-25-32(29,30)22-14-12-20(13-15-22)24(28)31-17-18-8-10-19(11-9-18)23(27)26-21-6-4-3-5-7-21/h1,3-15,25H,16-17H2,(H,26,27). The molecule has 7 nitrogen and oxygen atoms in total. The van der Waals surface area contributed by atoms with Crippen molar-refractivity contribution >= 4 is 27.6 Å². The van der Waals surface area contributed by atoms with Crippen LogP contribution >= 0.6 is 0 Å². The Labute approximate surface area is 186 Å². The third kappa shape index (κ3) is 6.04. The minimum absolute atomic E-state index is 0.00317.